The quantitative estimate of drug-likeness (QED) is 0.294. The van der Waals surface area contributed by atoms with Gasteiger partial charge in [0.25, 0.3) is 11.7 Å². The second kappa shape index (κ2) is 8.52. The van der Waals surface area contributed by atoms with Crippen LogP contribution < -0.4 is 9.64 Å². The summed E-state index contributed by atoms with van der Waals surface area (Å²) < 4.78 is 5.51. The summed E-state index contributed by atoms with van der Waals surface area (Å²) in [5, 5.41) is 13.4. The Labute approximate surface area is 197 Å². The van der Waals surface area contributed by atoms with Gasteiger partial charge in [-0.2, -0.15) is 0 Å². The zero-order valence-corrected chi connectivity index (χ0v) is 20.2. The van der Waals surface area contributed by atoms with Crippen molar-refractivity contribution < 1.29 is 19.4 Å². The summed E-state index contributed by atoms with van der Waals surface area (Å²) in [6.45, 7) is 8.14. The van der Waals surface area contributed by atoms with E-state index in [0.717, 1.165) is 16.0 Å². The topological polar surface area (TPSA) is 66.8 Å². The van der Waals surface area contributed by atoms with Crippen molar-refractivity contribution in [3.8, 4) is 5.75 Å². The van der Waals surface area contributed by atoms with Gasteiger partial charge in [0.05, 0.1) is 18.2 Å². The number of benzene rings is 2. The number of amides is 1. The molecule has 1 aromatic heterocycles. The Morgan fingerprint density at radius 3 is 2.42 bits per heavy atom. The second-order valence-electron chi connectivity index (χ2n) is 9.19. The first-order valence-electron chi connectivity index (χ1n) is 10.7. The molecule has 33 heavy (non-hydrogen) atoms. The van der Waals surface area contributed by atoms with Crippen LogP contribution in [0.2, 0.25) is 0 Å². The van der Waals surface area contributed by atoms with Gasteiger partial charge in [0, 0.05) is 10.6 Å². The number of carbonyl (C=O) groups is 2. The van der Waals surface area contributed by atoms with Crippen LogP contribution in [0.5, 0.6) is 5.75 Å². The number of aliphatic hydroxyl groups excluding tert-OH is 1. The van der Waals surface area contributed by atoms with Crippen LogP contribution in [0.4, 0.5) is 5.69 Å². The number of ketones is 1. The third-order valence-corrected chi connectivity index (χ3v) is 6.78. The van der Waals surface area contributed by atoms with E-state index < -0.39 is 17.7 Å². The van der Waals surface area contributed by atoms with Gasteiger partial charge in [-0.05, 0) is 59.2 Å². The lowest BCUT2D eigenvalue weighted by atomic mass is 9.85. The number of aryl methyl sites for hydroxylation is 1. The third kappa shape index (κ3) is 4.07. The maximum Gasteiger partial charge on any atom is 0.300 e. The first-order valence-corrected chi connectivity index (χ1v) is 11.6. The Hall–Kier alpha value is -3.38. The van der Waals surface area contributed by atoms with Gasteiger partial charge in [0.1, 0.15) is 17.6 Å². The SMILES string of the molecule is COc1ccc(C(C)(C)C)cc1/C(O)=C1\C(=O)C(=O)N(c2cccc(C)c2)C1c1cccs1. The molecule has 0 saturated carbocycles. The molecule has 1 saturated heterocycles. The molecule has 6 heteroatoms. The van der Waals surface area contributed by atoms with Crippen molar-refractivity contribution in [2.45, 2.75) is 39.2 Å². The number of hydrogen-bond donors (Lipinski definition) is 1. The van der Waals surface area contributed by atoms with Gasteiger partial charge in [-0.1, -0.05) is 45.0 Å². The minimum Gasteiger partial charge on any atom is -0.507 e. The molecular formula is C27H27NO4S. The molecule has 1 aliphatic heterocycles. The minimum absolute atomic E-state index is 0.0633. The van der Waals surface area contributed by atoms with Crippen molar-refractivity contribution in [3.05, 3.63) is 87.1 Å². The summed E-state index contributed by atoms with van der Waals surface area (Å²) in [5.74, 6) is -1.17. The van der Waals surface area contributed by atoms with E-state index in [2.05, 4.69) is 20.8 Å². The number of anilines is 1. The van der Waals surface area contributed by atoms with Crippen LogP contribution in [0.1, 0.15) is 48.4 Å². The molecule has 1 atom stereocenters. The number of methoxy groups -OCH3 is 1. The lowest BCUT2D eigenvalue weighted by molar-refractivity contribution is -0.132. The van der Waals surface area contributed by atoms with Crippen LogP contribution >= 0.6 is 11.3 Å². The molecule has 4 rings (SSSR count). The predicted octanol–water partition coefficient (Wildman–Crippen LogP) is 5.99. The number of thiophene rings is 1. The predicted molar refractivity (Wildman–Crippen MR) is 132 cm³/mol. The normalized spacial score (nSPS) is 18.1. The molecule has 1 unspecified atom stereocenters. The first-order chi connectivity index (χ1) is 15.6. The van der Waals surface area contributed by atoms with Gasteiger partial charge < -0.3 is 9.84 Å². The molecule has 2 heterocycles. The lowest BCUT2D eigenvalue weighted by Crippen LogP contribution is -2.29. The number of Topliss-reactive ketones (excluding diaryl/α,β-unsaturated/α-hetero) is 1. The number of rotatable bonds is 4. The van der Waals surface area contributed by atoms with Crippen molar-refractivity contribution in [1.29, 1.82) is 0 Å². The monoisotopic (exact) mass is 461 g/mol. The number of ether oxygens (including phenoxy) is 1. The fraction of sp³-hybridized carbons (Fsp3) is 0.259. The summed E-state index contributed by atoms with van der Waals surface area (Å²) in [6, 6.07) is 16.0. The molecule has 0 aliphatic carbocycles. The second-order valence-corrected chi connectivity index (χ2v) is 10.2. The van der Waals surface area contributed by atoms with E-state index in [9.17, 15) is 14.7 Å². The fourth-order valence-electron chi connectivity index (χ4n) is 4.10. The Bertz CT molecular complexity index is 1250. The van der Waals surface area contributed by atoms with E-state index in [-0.39, 0.29) is 16.7 Å². The highest BCUT2D eigenvalue weighted by molar-refractivity contribution is 7.10. The zero-order chi connectivity index (χ0) is 23.9. The highest BCUT2D eigenvalue weighted by Crippen LogP contribution is 2.45. The van der Waals surface area contributed by atoms with Crippen LogP contribution in [0.25, 0.3) is 5.76 Å². The molecule has 0 radical (unpaired) electrons. The van der Waals surface area contributed by atoms with Gasteiger partial charge in [-0.3, -0.25) is 14.5 Å². The number of nitrogens with zero attached hydrogens (tertiary/aromatic N) is 1. The van der Waals surface area contributed by atoms with Crippen molar-refractivity contribution >= 4 is 34.5 Å². The highest BCUT2D eigenvalue weighted by Gasteiger charge is 2.47. The van der Waals surface area contributed by atoms with Crippen molar-refractivity contribution in [1.82, 2.24) is 0 Å². The first kappa shape index (κ1) is 22.8. The molecule has 2 aromatic carbocycles. The highest BCUT2D eigenvalue weighted by atomic mass is 32.1. The van der Waals surface area contributed by atoms with Crippen LogP contribution in [0.15, 0.2) is 65.6 Å². The van der Waals surface area contributed by atoms with E-state index >= 15 is 0 Å². The van der Waals surface area contributed by atoms with E-state index in [1.165, 1.54) is 23.3 Å². The van der Waals surface area contributed by atoms with Gasteiger partial charge in [-0.25, -0.2) is 0 Å². The molecule has 1 aliphatic rings. The average Bonchev–Trinajstić information content (AvgIpc) is 3.39. The van der Waals surface area contributed by atoms with Crippen LogP contribution in [-0.2, 0) is 15.0 Å². The largest absolute Gasteiger partial charge is 0.507 e. The molecule has 3 aromatic rings. The van der Waals surface area contributed by atoms with Crippen LogP contribution in [-0.4, -0.2) is 23.9 Å². The van der Waals surface area contributed by atoms with Gasteiger partial charge in [-0.15, -0.1) is 11.3 Å². The van der Waals surface area contributed by atoms with Gasteiger partial charge >= 0.3 is 0 Å². The van der Waals surface area contributed by atoms with E-state index in [0.29, 0.717) is 17.0 Å². The molecule has 0 spiro atoms. The molecule has 1 fully saturated rings. The number of hydrogen-bond acceptors (Lipinski definition) is 5. The summed E-state index contributed by atoms with van der Waals surface area (Å²) in [4.78, 5) is 28.9. The zero-order valence-electron chi connectivity index (χ0n) is 19.4. The standard InChI is InChI=1S/C27H27NO4S/c1-16-8-6-9-18(14-16)28-23(21-10-7-13-33-21)22(25(30)26(28)31)24(29)19-15-17(27(2,3)4)11-12-20(19)32-5/h6-15,23,29H,1-5H3/b24-22+. The van der Waals surface area contributed by atoms with Crippen LogP contribution in [0.3, 0.4) is 0 Å². The van der Waals surface area contributed by atoms with Crippen molar-refractivity contribution in [3.63, 3.8) is 0 Å². The van der Waals surface area contributed by atoms with E-state index in [1.54, 1.807) is 12.1 Å². The lowest BCUT2D eigenvalue weighted by Gasteiger charge is -2.25. The molecule has 1 amide bonds. The van der Waals surface area contributed by atoms with Gasteiger partial charge in [0.15, 0.2) is 0 Å². The Morgan fingerprint density at radius 1 is 1.06 bits per heavy atom. The Morgan fingerprint density at radius 2 is 1.82 bits per heavy atom. The maximum atomic E-state index is 13.3. The summed E-state index contributed by atoms with van der Waals surface area (Å²) in [6.07, 6.45) is 0. The Kier molecular flexibility index (Phi) is 5.89. The number of carbonyl (C=O) groups excluding carboxylic acids is 2. The van der Waals surface area contributed by atoms with E-state index in [4.69, 9.17) is 4.74 Å². The minimum atomic E-state index is -0.727. The van der Waals surface area contributed by atoms with Gasteiger partial charge in [0.2, 0.25) is 0 Å². The smallest absolute Gasteiger partial charge is 0.300 e. The molecule has 170 valence electrons. The van der Waals surface area contributed by atoms with E-state index in [1.807, 2.05) is 54.8 Å². The molecular weight excluding hydrogens is 434 g/mol. The fourth-order valence-corrected chi connectivity index (χ4v) is 4.92. The molecule has 5 nitrogen and oxygen atoms in total. The third-order valence-electron chi connectivity index (χ3n) is 5.86. The molecule has 1 N–H and O–H groups in total. The number of aliphatic hydroxyl groups is 1. The summed E-state index contributed by atoms with van der Waals surface area (Å²) >= 11 is 1.44. The van der Waals surface area contributed by atoms with Crippen LogP contribution in [0, 0.1) is 6.92 Å². The summed E-state index contributed by atoms with van der Waals surface area (Å²) in [7, 11) is 1.52. The maximum absolute atomic E-state index is 13.3. The molecule has 0 bridgehead atoms. The summed E-state index contributed by atoms with van der Waals surface area (Å²) in [5.41, 5.74) is 2.85. The van der Waals surface area contributed by atoms with Crippen molar-refractivity contribution in [2.75, 3.05) is 12.0 Å². The average molecular weight is 462 g/mol. The Balaban J connectivity index is 1.97. The van der Waals surface area contributed by atoms with Crippen molar-refractivity contribution in [2.24, 2.45) is 0 Å².